The number of thioether (sulfide) groups is 1. The number of phenolic OH excluding ortho intramolecular Hbond substituents is 2. The number of phosphoric acid groups is 3. The number of phenols is 2. The van der Waals surface area contributed by atoms with Gasteiger partial charge < -0.3 is 79.2 Å². The summed E-state index contributed by atoms with van der Waals surface area (Å²) < 4.78 is 60.5. The lowest BCUT2D eigenvalue weighted by molar-refractivity contribution is -0.347. The van der Waals surface area contributed by atoms with Crippen LogP contribution in [-0.2, 0) is 57.1 Å². The molecule has 2 amide bonds. The molecular weight excluding hydrogens is 875 g/mol. The topological polar surface area (TPSA) is 415 Å². The lowest BCUT2D eigenvalue weighted by Gasteiger charge is -2.36. The normalized spacial score (nSPS) is 21.1. The number of aromatic nitrogens is 4. The van der Waals surface area contributed by atoms with Crippen LogP contribution in [-0.4, -0.2) is 113 Å². The predicted molar refractivity (Wildman–Crippen MR) is 192 cm³/mol. The van der Waals surface area contributed by atoms with E-state index in [1.807, 2.05) is 0 Å². The zero-order chi connectivity index (χ0) is 43.9. The molecule has 1 saturated heterocycles. The fourth-order valence-corrected chi connectivity index (χ4v) is 8.61. The highest BCUT2D eigenvalue weighted by molar-refractivity contribution is 8.13. The molecule has 2 unspecified atom stereocenters. The summed E-state index contributed by atoms with van der Waals surface area (Å²) >= 11 is 0.919. The van der Waals surface area contributed by atoms with Crippen LogP contribution in [0.5, 0.6) is 11.5 Å². The van der Waals surface area contributed by atoms with Crippen molar-refractivity contribution in [1.29, 1.82) is 0 Å². The summed E-state index contributed by atoms with van der Waals surface area (Å²) in [7, 11) is -17.7. The summed E-state index contributed by atoms with van der Waals surface area (Å²) in [5, 5.41) is 44.8. The number of nitrogens with zero attached hydrogens (tertiary/aromatic N) is 4. The van der Waals surface area contributed by atoms with Crippen LogP contribution in [0.1, 0.15) is 32.1 Å². The van der Waals surface area contributed by atoms with E-state index in [1.165, 1.54) is 32.0 Å². The second kappa shape index (κ2) is 19.8. The van der Waals surface area contributed by atoms with Crippen molar-refractivity contribution < 1.29 is 90.7 Å². The fraction of sp³-hybridized carbons (Fsp3) is 0.517. The zero-order valence-electron chi connectivity index (χ0n) is 30.8. The zero-order valence-corrected chi connectivity index (χ0v) is 34.3. The first-order chi connectivity index (χ1) is 27.4. The number of aliphatic hydroxyl groups is 2. The maximum Gasteiger partial charge on any atom is 0.274 e. The number of benzene rings is 1. The van der Waals surface area contributed by atoms with Gasteiger partial charge in [-0.05, 0) is 17.7 Å². The Labute approximate surface area is 337 Å². The van der Waals surface area contributed by atoms with Gasteiger partial charge in [0.05, 0.1) is 27.4 Å². The van der Waals surface area contributed by atoms with Crippen molar-refractivity contribution in [2.24, 2.45) is 5.41 Å². The molecule has 0 bridgehead atoms. The van der Waals surface area contributed by atoms with E-state index in [0.717, 1.165) is 29.0 Å². The summed E-state index contributed by atoms with van der Waals surface area (Å²) in [6, 6.07) is 3.97. The van der Waals surface area contributed by atoms with E-state index in [0.29, 0.717) is 5.56 Å². The minimum Gasteiger partial charge on any atom is -0.790 e. The number of carbonyl (C=O) groups excluding carboxylic acids is 3. The minimum atomic E-state index is -5.93. The molecule has 1 aliphatic rings. The van der Waals surface area contributed by atoms with Gasteiger partial charge in [0.15, 0.2) is 34.3 Å². The minimum absolute atomic E-state index is 0.0289. The SMILES string of the molecule is CC(C)(COP(=O)([O-])OP(=O)([O-])OC[C@H]1O[C@@H](n2cnc3c(N)ncnc32)[C@H](O)[C@@H]1OP(=O)([O-])[O-])[C@@H](O)C(=O)NCCC(=O)NCCSC(=O)Cc1ccc(O)c(O)c1. The molecule has 2 aromatic heterocycles. The molecule has 1 aromatic carbocycles. The van der Waals surface area contributed by atoms with Crippen LogP contribution in [0.2, 0.25) is 0 Å². The monoisotopic (exact) mass is 913 g/mol. The molecule has 0 radical (unpaired) electrons. The Bertz CT molecular complexity index is 2140. The van der Waals surface area contributed by atoms with Crippen LogP contribution in [0.15, 0.2) is 30.9 Å². The number of nitrogens with one attached hydrogen (secondary N) is 2. The number of phosphoric ester groups is 3. The second-order valence-corrected chi connectivity index (χ2v) is 18.4. The fourth-order valence-electron chi connectivity index (χ4n) is 5.17. The van der Waals surface area contributed by atoms with Gasteiger partial charge in [-0.3, -0.25) is 28.1 Å². The van der Waals surface area contributed by atoms with Crippen LogP contribution in [0.4, 0.5) is 5.82 Å². The number of amides is 2. The number of aromatic hydroxyl groups is 2. The van der Waals surface area contributed by atoms with Crippen LogP contribution in [0, 0.1) is 5.41 Å². The molecule has 8 N–H and O–H groups in total. The molecule has 0 spiro atoms. The average Bonchev–Trinajstić information content (AvgIpc) is 3.69. The molecule has 26 nitrogen and oxygen atoms in total. The Balaban J connectivity index is 1.21. The molecule has 328 valence electrons. The van der Waals surface area contributed by atoms with Crippen molar-refractivity contribution in [3.63, 3.8) is 0 Å². The van der Waals surface area contributed by atoms with Crippen LogP contribution in [0.25, 0.3) is 11.2 Å². The molecule has 0 aliphatic carbocycles. The lowest BCUT2D eigenvalue weighted by atomic mass is 9.87. The highest BCUT2D eigenvalue weighted by atomic mass is 32.2. The first-order valence-corrected chi connectivity index (χ1v) is 22.2. The number of aliphatic hydroxyl groups excluding tert-OH is 2. The first kappa shape index (κ1) is 48.1. The maximum atomic E-state index is 12.5. The number of fused-ring (bicyclic) bond motifs is 1. The number of nitrogens with two attached hydrogens (primary N) is 1. The molecule has 3 heterocycles. The second-order valence-electron chi connectivity index (χ2n) is 13.2. The highest BCUT2D eigenvalue weighted by Gasteiger charge is 2.47. The smallest absolute Gasteiger partial charge is 0.274 e. The third-order valence-electron chi connectivity index (χ3n) is 8.13. The molecule has 7 atom stereocenters. The molecule has 3 aromatic rings. The molecule has 0 saturated carbocycles. The molecule has 1 fully saturated rings. The van der Waals surface area contributed by atoms with Crippen LogP contribution < -0.4 is 35.9 Å². The van der Waals surface area contributed by atoms with Gasteiger partial charge in [0.25, 0.3) is 15.6 Å². The van der Waals surface area contributed by atoms with Crippen molar-refractivity contribution in [1.82, 2.24) is 30.2 Å². The van der Waals surface area contributed by atoms with Crippen molar-refractivity contribution in [2.75, 3.05) is 37.8 Å². The van der Waals surface area contributed by atoms with E-state index in [2.05, 4.69) is 43.5 Å². The number of hydrogen-bond donors (Lipinski definition) is 7. The van der Waals surface area contributed by atoms with E-state index in [1.54, 1.807) is 0 Å². The van der Waals surface area contributed by atoms with Gasteiger partial charge in [-0.25, -0.2) is 19.3 Å². The number of carbonyl (C=O) groups is 3. The number of nitrogen functional groups attached to an aromatic ring is 1. The maximum absolute atomic E-state index is 12.5. The largest absolute Gasteiger partial charge is 0.790 e. The summed E-state index contributed by atoms with van der Waals surface area (Å²) in [6.45, 7) is -0.142. The van der Waals surface area contributed by atoms with Crippen molar-refractivity contribution >= 4 is 69.1 Å². The van der Waals surface area contributed by atoms with Gasteiger partial charge in [-0.15, -0.1) is 0 Å². The van der Waals surface area contributed by atoms with E-state index in [9.17, 15) is 68.1 Å². The number of hydrogen-bond acceptors (Lipinski definition) is 24. The van der Waals surface area contributed by atoms with E-state index < -0.39 is 84.6 Å². The number of rotatable bonds is 21. The molecule has 4 rings (SSSR count). The Kier molecular flexibility index (Phi) is 16.2. The number of anilines is 1. The highest BCUT2D eigenvalue weighted by Crippen LogP contribution is 2.56. The predicted octanol–water partition coefficient (Wildman–Crippen LogP) is -3.21. The standard InChI is InChI=1S/C29H42N7O19P3S/c1-29(2,24(42)27(43)32-6-5-19(39)31-7-8-59-20(40)10-15-3-4-16(37)17(38)9-15)12-52-58(49,50)55-57(47,48)51-11-18-23(54-56(44,45)46)22(41)28(53-18)36-14-35-21-25(30)33-13-34-26(21)36/h3-4,9,13-14,18,22-24,28,37-38,41-42H,5-8,10-12H2,1-2H3,(H,31,39)(H,32,43)(H,47,48)(H,49,50)(H2,30,33,34)(H2,44,45,46)/p-4/t18-,22-,23-,24+,28-/m1/s1. The van der Waals surface area contributed by atoms with E-state index in [-0.39, 0.29) is 65.3 Å². The number of ether oxygens (including phenoxy) is 1. The summed E-state index contributed by atoms with van der Waals surface area (Å²) in [4.78, 5) is 96.3. The summed E-state index contributed by atoms with van der Waals surface area (Å²) in [5.41, 5.74) is 4.49. The van der Waals surface area contributed by atoms with Gasteiger partial charge in [-0.2, -0.15) is 0 Å². The van der Waals surface area contributed by atoms with Gasteiger partial charge >= 0.3 is 0 Å². The average molecular weight is 914 g/mol. The molecule has 30 heteroatoms. The van der Waals surface area contributed by atoms with Gasteiger partial charge in [0.2, 0.25) is 11.8 Å². The molecular formula is C29H38N7O19P3S-4. The van der Waals surface area contributed by atoms with E-state index in [4.69, 9.17) is 10.5 Å². The third kappa shape index (κ3) is 14.0. The lowest BCUT2D eigenvalue weighted by Crippen LogP contribution is -2.46. The van der Waals surface area contributed by atoms with Gasteiger partial charge in [0, 0.05) is 37.1 Å². The van der Waals surface area contributed by atoms with Gasteiger partial charge in [0.1, 0.15) is 36.3 Å². The Hall–Kier alpha value is -3.62. The van der Waals surface area contributed by atoms with Crippen molar-refractivity contribution in [3.05, 3.63) is 36.4 Å². The van der Waals surface area contributed by atoms with Gasteiger partial charge in [-0.1, -0.05) is 31.7 Å². The number of imidazole rings is 1. The van der Waals surface area contributed by atoms with Crippen LogP contribution >= 0.6 is 35.2 Å². The Morgan fingerprint density at radius 2 is 1.73 bits per heavy atom. The summed E-state index contributed by atoms with van der Waals surface area (Å²) in [5.74, 6) is -2.15. The third-order valence-corrected chi connectivity index (χ3v) is 12.0. The van der Waals surface area contributed by atoms with Crippen molar-refractivity contribution in [3.8, 4) is 11.5 Å². The van der Waals surface area contributed by atoms with Crippen molar-refractivity contribution in [2.45, 2.75) is 57.3 Å². The van der Waals surface area contributed by atoms with Crippen LogP contribution in [0.3, 0.4) is 0 Å². The quantitative estimate of drug-likeness (QED) is 0.0314. The Morgan fingerprint density at radius 1 is 1.03 bits per heavy atom. The Morgan fingerprint density at radius 3 is 2.41 bits per heavy atom. The molecule has 1 aliphatic heterocycles. The first-order valence-electron chi connectivity index (χ1n) is 16.9. The van der Waals surface area contributed by atoms with E-state index >= 15 is 0 Å². The molecule has 59 heavy (non-hydrogen) atoms. The summed E-state index contributed by atoms with van der Waals surface area (Å²) in [6.07, 6.45) is -7.78.